The van der Waals surface area contributed by atoms with Gasteiger partial charge in [-0.3, -0.25) is 4.79 Å². The number of carbonyl (C=O) groups excluding carboxylic acids is 1. The van der Waals surface area contributed by atoms with Gasteiger partial charge in [0.1, 0.15) is 27.9 Å². The zero-order valence-corrected chi connectivity index (χ0v) is 15.9. The number of aromatic nitrogens is 2. The number of nitrogens with two attached hydrogens (primary N) is 1. The molecule has 2 aromatic heterocycles. The van der Waals surface area contributed by atoms with E-state index in [9.17, 15) is 26.4 Å². The Morgan fingerprint density at radius 3 is 2.55 bits per heavy atom. The van der Waals surface area contributed by atoms with Crippen LogP contribution in [0.2, 0.25) is 0 Å². The second-order valence-electron chi connectivity index (χ2n) is 6.77. The van der Waals surface area contributed by atoms with Crippen molar-refractivity contribution in [2.45, 2.75) is 35.9 Å². The molecule has 1 fully saturated rings. The number of nitrogens with one attached hydrogen (secondary N) is 1. The van der Waals surface area contributed by atoms with E-state index < -0.39 is 32.5 Å². The molecular weight excluding hydrogens is 411 g/mol. The molecule has 0 atom stereocenters. The lowest BCUT2D eigenvalue weighted by Crippen LogP contribution is -2.62. The van der Waals surface area contributed by atoms with E-state index in [0.29, 0.717) is 0 Å². The Balaban J connectivity index is 2.21. The third kappa shape index (κ3) is 3.47. The minimum Gasteiger partial charge on any atom is -0.364 e. The lowest BCUT2D eigenvalue weighted by atomic mass is 9.77. The molecule has 1 saturated carbocycles. The maximum Gasteiger partial charge on any atom is 0.407 e. The molecule has 8 nitrogen and oxygen atoms in total. The maximum atomic E-state index is 13.5. The van der Waals surface area contributed by atoms with Crippen LogP contribution < -0.4 is 10.5 Å². The molecule has 1 aliphatic carbocycles. The molecule has 0 bridgehead atoms. The lowest BCUT2D eigenvalue weighted by Gasteiger charge is -2.43. The van der Waals surface area contributed by atoms with Crippen molar-refractivity contribution in [2.24, 2.45) is 12.8 Å². The number of sulfonamides is 1. The maximum absolute atomic E-state index is 13.5. The predicted octanol–water partition coefficient (Wildman–Crippen LogP) is 1.82. The summed E-state index contributed by atoms with van der Waals surface area (Å²) in [6.45, 7) is 0. The normalized spacial score (nSPS) is 16.1. The number of hydrogen-bond acceptors (Lipinski definition) is 5. The van der Waals surface area contributed by atoms with E-state index in [2.05, 4.69) is 4.98 Å². The number of nitrogens with zero attached hydrogens (tertiary/aromatic N) is 3. The Labute approximate surface area is 164 Å². The molecule has 0 saturated heterocycles. The molecule has 1 amide bonds. The molecule has 154 valence electrons. The summed E-state index contributed by atoms with van der Waals surface area (Å²) in [5.41, 5.74) is 2.45. The largest absolute Gasteiger partial charge is 0.407 e. The summed E-state index contributed by atoms with van der Waals surface area (Å²) in [6, 6.07) is 4.34. The first kappa shape index (κ1) is 20.8. The molecule has 0 aliphatic heterocycles. The molecule has 2 heterocycles. The van der Waals surface area contributed by atoms with Crippen molar-refractivity contribution in [3.8, 4) is 17.2 Å². The highest BCUT2D eigenvalue weighted by Crippen LogP contribution is 2.46. The summed E-state index contributed by atoms with van der Waals surface area (Å²) in [5.74, 6) is -0.978. The van der Waals surface area contributed by atoms with Crippen molar-refractivity contribution in [1.29, 1.82) is 5.26 Å². The van der Waals surface area contributed by atoms with E-state index in [4.69, 9.17) is 11.0 Å². The number of pyridine rings is 1. The molecule has 0 radical (unpaired) electrons. The number of primary amides is 1. The van der Waals surface area contributed by atoms with Gasteiger partial charge in [0.25, 0.3) is 5.91 Å². The van der Waals surface area contributed by atoms with Crippen LogP contribution in [-0.4, -0.2) is 35.6 Å². The van der Waals surface area contributed by atoms with Crippen molar-refractivity contribution in [1.82, 2.24) is 14.3 Å². The molecule has 0 unspecified atom stereocenters. The fourth-order valence-electron chi connectivity index (χ4n) is 3.31. The molecule has 2 aromatic rings. The molecule has 0 spiro atoms. The Hall–Kier alpha value is -2.91. The Morgan fingerprint density at radius 2 is 2.07 bits per heavy atom. The van der Waals surface area contributed by atoms with Gasteiger partial charge in [-0.05, 0) is 37.0 Å². The van der Waals surface area contributed by atoms with Gasteiger partial charge in [0.05, 0.1) is 0 Å². The zero-order chi connectivity index (χ0) is 21.6. The number of halogens is 3. The SMILES string of the molecule is Cn1cc(S(=O)(=O)NC2(C(F)(F)F)CCC2)c(-c2ccnc(C#N)c2)c1C(N)=O. The van der Waals surface area contributed by atoms with Gasteiger partial charge in [-0.25, -0.2) is 13.4 Å². The van der Waals surface area contributed by atoms with Crippen molar-refractivity contribution >= 4 is 15.9 Å². The minimum absolute atomic E-state index is 0.0659. The first-order chi connectivity index (χ1) is 13.4. The molecular formula is C17H16F3N5O3S. The summed E-state index contributed by atoms with van der Waals surface area (Å²) in [4.78, 5) is 15.2. The molecule has 0 aromatic carbocycles. The highest BCUT2D eigenvalue weighted by molar-refractivity contribution is 7.89. The van der Waals surface area contributed by atoms with Crippen molar-refractivity contribution < 1.29 is 26.4 Å². The zero-order valence-electron chi connectivity index (χ0n) is 15.1. The molecule has 29 heavy (non-hydrogen) atoms. The number of carbonyl (C=O) groups is 1. The first-order valence-corrected chi connectivity index (χ1v) is 9.86. The Kier molecular flexibility index (Phi) is 4.92. The minimum atomic E-state index is -4.77. The van der Waals surface area contributed by atoms with Crippen LogP contribution in [0.15, 0.2) is 29.4 Å². The molecule has 3 N–H and O–H groups in total. The average molecular weight is 427 g/mol. The predicted molar refractivity (Wildman–Crippen MR) is 94.8 cm³/mol. The van der Waals surface area contributed by atoms with E-state index in [1.807, 2.05) is 0 Å². The van der Waals surface area contributed by atoms with Crippen molar-refractivity contribution in [3.05, 3.63) is 35.9 Å². The van der Waals surface area contributed by atoms with Crippen LogP contribution in [-0.2, 0) is 17.1 Å². The van der Waals surface area contributed by atoms with Crippen LogP contribution in [0.4, 0.5) is 13.2 Å². The molecule has 12 heteroatoms. The number of alkyl halides is 3. The van der Waals surface area contributed by atoms with E-state index in [-0.39, 0.29) is 41.8 Å². The van der Waals surface area contributed by atoms with Gasteiger partial charge < -0.3 is 10.3 Å². The first-order valence-electron chi connectivity index (χ1n) is 8.38. The van der Waals surface area contributed by atoms with Gasteiger partial charge in [-0.15, -0.1) is 0 Å². The van der Waals surface area contributed by atoms with E-state index in [0.717, 1.165) is 10.8 Å². The van der Waals surface area contributed by atoms with E-state index >= 15 is 0 Å². The fraction of sp³-hybridized carbons (Fsp3) is 0.353. The average Bonchev–Trinajstić information content (AvgIpc) is 2.95. The highest BCUT2D eigenvalue weighted by atomic mass is 32.2. The molecule has 1 aliphatic rings. The summed E-state index contributed by atoms with van der Waals surface area (Å²) in [6.07, 6.45) is -3.06. The van der Waals surface area contributed by atoms with Crippen LogP contribution in [0.1, 0.15) is 35.4 Å². The number of hydrogen-bond donors (Lipinski definition) is 2. The van der Waals surface area contributed by atoms with Crippen LogP contribution in [0.5, 0.6) is 0 Å². The van der Waals surface area contributed by atoms with E-state index in [1.165, 1.54) is 25.4 Å². The van der Waals surface area contributed by atoms with Gasteiger partial charge in [-0.2, -0.15) is 23.2 Å². The van der Waals surface area contributed by atoms with Crippen molar-refractivity contribution in [2.75, 3.05) is 0 Å². The van der Waals surface area contributed by atoms with Crippen LogP contribution >= 0.6 is 0 Å². The summed E-state index contributed by atoms with van der Waals surface area (Å²) >= 11 is 0. The van der Waals surface area contributed by atoms with Crippen LogP contribution in [0.3, 0.4) is 0 Å². The summed E-state index contributed by atoms with van der Waals surface area (Å²) < 4.78 is 69.3. The third-order valence-electron chi connectivity index (χ3n) is 4.91. The smallest absolute Gasteiger partial charge is 0.364 e. The Bertz CT molecular complexity index is 1130. The van der Waals surface area contributed by atoms with Gasteiger partial charge in [0, 0.05) is 25.0 Å². The summed E-state index contributed by atoms with van der Waals surface area (Å²) in [7, 11) is -3.35. The number of amides is 1. The summed E-state index contributed by atoms with van der Waals surface area (Å²) in [5, 5.41) is 9.04. The third-order valence-corrected chi connectivity index (χ3v) is 6.46. The van der Waals surface area contributed by atoms with Gasteiger partial charge in [0.2, 0.25) is 10.0 Å². The standard InChI is InChI=1S/C17H16F3N5O3S/c1-25-9-12(29(27,28)24-16(4-2-5-16)17(18,19)20)13(14(25)15(22)26)10-3-6-23-11(7-10)8-21/h3,6-7,9,24H,2,4-5H2,1H3,(H2,22,26). The van der Waals surface area contributed by atoms with Crippen molar-refractivity contribution in [3.63, 3.8) is 0 Å². The fourth-order valence-corrected chi connectivity index (χ4v) is 5.04. The second kappa shape index (κ2) is 6.85. The monoisotopic (exact) mass is 427 g/mol. The highest BCUT2D eigenvalue weighted by Gasteiger charge is 2.60. The van der Waals surface area contributed by atoms with Gasteiger partial charge in [0.15, 0.2) is 0 Å². The van der Waals surface area contributed by atoms with Crippen LogP contribution in [0, 0.1) is 11.3 Å². The second-order valence-corrected chi connectivity index (χ2v) is 8.42. The number of rotatable bonds is 5. The van der Waals surface area contributed by atoms with Gasteiger partial charge >= 0.3 is 6.18 Å². The topological polar surface area (TPSA) is 131 Å². The number of aryl methyl sites for hydroxylation is 1. The molecule has 3 rings (SSSR count). The Morgan fingerprint density at radius 1 is 1.41 bits per heavy atom. The number of nitriles is 1. The van der Waals surface area contributed by atoms with Crippen LogP contribution in [0.25, 0.3) is 11.1 Å². The lowest BCUT2D eigenvalue weighted by molar-refractivity contribution is -0.212. The van der Waals surface area contributed by atoms with E-state index in [1.54, 1.807) is 10.8 Å². The van der Waals surface area contributed by atoms with Gasteiger partial charge in [-0.1, -0.05) is 0 Å². The quantitative estimate of drug-likeness (QED) is 0.752.